The summed E-state index contributed by atoms with van der Waals surface area (Å²) in [6.45, 7) is 10.4. The van der Waals surface area contributed by atoms with Crippen LogP contribution in [0.4, 0.5) is 21.5 Å². The lowest BCUT2D eigenvalue weighted by atomic mass is 9.89. The Morgan fingerprint density at radius 2 is 1.61 bits per heavy atom. The number of nitro benzene ring substituents is 1. The Balaban J connectivity index is 1.05. The van der Waals surface area contributed by atoms with Crippen molar-refractivity contribution in [1.82, 2.24) is 20.0 Å². The molecule has 3 N–H and O–H groups in total. The van der Waals surface area contributed by atoms with E-state index in [9.17, 15) is 27.7 Å². The number of benzene rings is 5. The Kier molecular flexibility index (Phi) is 17.1. The Hall–Kier alpha value is -6.28. The zero-order valence-corrected chi connectivity index (χ0v) is 41.4. The van der Waals surface area contributed by atoms with Gasteiger partial charge in [0.1, 0.15) is 11.5 Å². The first-order valence-corrected chi connectivity index (χ1v) is 25.7. The number of nitrogens with one attached hydrogen (secondary N) is 3. The fraction of sp³-hybridized carbons (Fsp3) is 0.315. The van der Waals surface area contributed by atoms with E-state index in [4.69, 9.17) is 0 Å². The van der Waals surface area contributed by atoms with Gasteiger partial charge >= 0.3 is 0 Å². The average molecular weight is 970 g/mol. The third-order valence-electron chi connectivity index (χ3n) is 12.5. The molecule has 360 valence electrons. The zero-order chi connectivity index (χ0) is 49.1. The van der Waals surface area contributed by atoms with Gasteiger partial charge in [0.2, 0.25) is 0 Å². The molecule has 2 aliphatic rings. The number of hydrogen-bond donors (Lipinski definition) is 3. The van der Waals surface area contributed by atoms with Crippen LogP contribution in [0.25, 0.3) is 11.1 Å². The number of nitro groups is 1. The van der Waals surface area contributed by atoms with Crippen LogP contribution < -0.4 is 15.4 Å². The van der Waals surface area contributed by atoms with Gasteiger partial charge in [0.15, 0.2) is 0 Å². The predicted octanol–water partition coefficient (Wildman–Crippen LogP) is 9.09. The summed E-state index contributed by atoms with van der Waals surface area (Å²) >= 11 is 1.65. The van der Waals surface area contributed by atoms with Gasteiger partial charge < -0.3 is 25.3 Å². The van der Waals surface area contributed by atoms with Gasteiger partial charge in [-0.2, -0.15) is 0 Å². The third-order valence-corrected chi connectivity index (χ3v) is 15.1. The van der Waals surface area contributed by atoms with E-state index in [1.165, 1.54) is 24.3 Å². The van der Waals surface area contributed by atoms with Crippen molar-refractivity contribution in [2.24, 2.45) is 5.92 Å². The van der Waals surface area contributed by atoms with Crippen molar-refractivity contribution in [3.05, 3.63) is 171 Å². The largest absolute Gasteiger partial charge is 0.376 e. The zero-order valence-electron chi connectivity index (χ0n) is 39.8. The minimum absolute atomic E-state index is 0.0980. The van der Waals surface area contributed by atoms with Gasteiger partial charge in [0, 0.05) is 83.8 Å². The summed E-state index contributed by atoms with van der Waals surface area (Å²) in [5.74, 6) is 6.47. The molecule has 1 amide bonds. The molecule has 0 bridgehead atoms. The first-order chi connectivity index (χ1) is 33.1. The molecule has 1 fully saturated rings. The summed E-state index contributed by atoms with van der Waals surface area (Å²) in [7, 11) is 1.86. The minimum Gasteiger partial charge on any atom is -0.376 e. The smallest absolute Gasteiger partial charge is 0.293 e. The first-order valence-electron chi connectivity index (χ1n) is 23.2. The van der Waals surface area contributed by atoms with Gasteiger partial charge in [0.05, 0.1) is 9.82 Å². The number of likely N-dealkylation sites (N-methyl/N-ethyl adjacent to an activating group) is 1. The average Bonchev–Trinajstić information content (AvgIpc) is 3.61. The summed E-state index contributed by atoms with van der Waals surface area (Å²) in [5, 5.41) is 18.8. The van der Waals surface area contributed by atoms with Crippen LogP contribution in [0.3, 0.4) is 0 Å². The van der Waals surface area contributed by atoms with E-state index in [1.54, 1.807) is 48.2 Å². The maximum Gasteiger partial charge on any atom is 0.293 e. The molecule has 0 spiro atoms. The van der Waals surface area contributed by atoms with Crippen LogP contribution in [0, 0.1) is 33.7 Å². The number of hydrogen-bond acceptors (Lipinski definition) is 10. The molecule has 1 aliphatic carbocycles. The molecule has 0 radical (unpaired) electrons. The fourth-order valence-corrected chi connectivity index (χ4v) is 10.6. The van der Waals surface area contributed by atoms with Gasteiger partial charge in [-0.05, 0) is 149 Å². The lowest BCUT2D eigenvalue weighted by Crippen LogP contribution is -2.45. The van der Waals surface area contributed by atoms with E-state index < -0.39 is 14.9 Å². The highest BCUT2D eigenvalue weighted by atomic mass is 32.2. The second-order valence-electron chi connectivity index (χ2n) is 17.8. The number of thioether (sulfide) groups is 1. The highest BCUT2D eigenvalue weighted by molar-refractivity contribution is 7.99. The predicted molar refractivity (Wildman–Crippen MR) is 277 cm³/mol. The van der Waals surface area contributed by atoms with E-state index in [0.717, 1.165) is 84.5 Å². The number of piperazine rings is 1. The monoisotopic (exact) mass is 969 g/mol. The number of nitrogens with zero attached hydrogens (tertiary/aromatic N) is 4. The van der Waals surface area contributed by atoms with E-state index in [1.807, 2.05) is 80.5 Å². The topological polar surface area (TPSA) is 140 Å². The molecular weight excluding hydrogens is 910 g/mol. The van der Waals surface area contributed by atoms with Gasteiger partial charge in [-0.15, -0.1) is 11.8 Å². The molecule has 7 rings (SSSR count). The molecule has 5 aromatic carbocycles. The van der Waals surface area contributed by atoms with Gasteiger partial charge in [-0.3, -0.25) is 19.6 Å². The second-order valence-corrected chi connectivity index (χ2v) is 20.6. The van der Waals surface area contributed by atoms with Crippen molar-refractivity contribution in [2.75, 3.05) is 82.7 Å². The molecular formula is C54H60FN7O5S2. The maximum atomic E-state index is 14.1. The van der Waals surface area contributed by atoms with E-state index in [0.29, 0.717) is 35.4 Å². The number of halogens is 1. The van der Waals surface area contributed by atoms with Crippen LogP contribution in [0.5, 0.6) is 0 Å². The number of anilines is 2. The van der Waals surface area contributed by atoms with Crippen LogP contribution in [0.15, 0.2) is 142 Å². The summed E-state index contributed by atoms with van der Waals surface area (Å²) in [6, 6.07) is 34.3. The lowest BCUT2D eigenvalue weighted by molar-refractivity contribution is -0.384. The van der Waals surface area contributed by atoms with Crippen molar-refractivity contribution in [3.63, 3.8) is 0 Å². The third kappa shape index (κ3) is 13.5. The van der Waals surface area contributed by atoms with Crippen molar-refractivity contribution in [1.29, 1.82) is 0 Å². The van der Waals surface area contributed by atoms with Crippen molar-refractivity contribution >= 4 is 55.9 Å². The van der Waals surface area contributed by atoms with E-state index in [-0.39, 0.29) is 45.6 Å². The lowest BCUT2D eigenvalue weighted by Gasteiger charge is -2.32. The summed E-state index contributed by atoms with van der Waals surface area (Å²) in [6.07, 6.45) is 1.55. The molecule has 5 aromatic rings. The fourth-order valence-electron chi connectivity index (χ4n) is 8.49. The van der Waals surface area contributed by atoms with Crippen LogP contribution >= 0.6 is 11.8 Å². The Bertz CT molecular complexity index is 2850. The molecule has 69 heavy (non-hydrogen) atoms. The molecule has 1 heterocycles. The molecule has 15 heteroatoms. The molecule has 1 saturated heterocycles. The van der Waals surface area contributed by atoms with Crippen molar-refractivity contribution in [2.45, 2.75) is 42.5 Å². The standard InChI is InChI=1S/C54H60FN7O5S2/c1-38-39(2)52(54(63)56-28-10-29-61-33-31-60(5)32-34-61)53(51(38)42-19-21-44(55)22-20-42)43-12-9-11-41(35-43)16-15-40-17-23-45(24-18-40)58-69(66,67)48-25-26-49(50(36-48)62(64)65)57-46(27-30-59(3)4)37-68-47-13-7-6-8-14-47/h6-9,11-14,17-26,35-36,38,46,57-58H,10,27-34,37H2,1-5H3,(H,56,63)/t38?,46-/m1/s1. The van der Waals surface area contributed by atoms with Crippen molar-refractivity contribution in [3.8, 4) is 11.8 Å². The summed E-state index contributed by atoms with van der Waals surface area (Å²) < 4.78 is 43.9. The maximum absolute atomic E-state index is 14.1. The molecule has 2 atom stereocenters. The SMILES string of the molecule is CC1=C(C(=O)NCCCN2CCN(C)CC2)C(c2cccc(C#Cc3ccc(NS(=O)(=O)c4ccc(N[C@H](CCN(C)C)CSc5ccccc5)c([N+](=O)[O-])c4)cc3)c2)=C(c2ccc(F)cc2)C1C. The highest BCUT2D eigenvalue weighted by Gasteiger charge is 2.34. The van der Waals surface area contributed by atoms with Gasteiger partial charge in [-0.25, -0.2) is 12.8 Å². The van der Waals surface area contributed by atoms with Crippen LogP contribution in [-0.4, -0.2) is 113 Å². The summed E-state index contributed by atoms with van der Waals surface area (Å²) in [5.41, 5.74) is 6.43. The van der Waals surface area contributed by atoms with Crippen LogP contribution in [0.1, 0.15) is 48.9 Å². The van der Waals surface area contributed by atoms with Gasteiger partial charge in [0.25, 0.3) is 21.6 Å². The van der Waals surface area contributed by atoms with E-state index in [2.05, 4.69) is 51.0 Å². The first kappa shape index (κ1) is 50.6. The Morgan fingerprint density at radius 1 is 0.899 bits per heavy atom. The van der Waals surface area contributed by atoms with Crippen LogP contribution in [0.2, 0.25) is 0 Å². The number of allylic oxidation sites excluding steroid dienone is 2. The number of sulfonamides is 1. The number of carbonyl (C=O) groups excluding carboxylic acids is 1. The Morgan fingerprint density at radius 3 is 2.30 bits per heavy atom. The molecule has 0 aromatic heterocycles. The quantitative estimate of drug-likeness (QED) is 0.0242. The molecule has 0 saturated carbocycles. The minimum atomic E-state index is -4.21. The van der Waals surface area contributed by atoms with Gasteiger partial charge in [-0.1, -0.05) is 66.8 Å². The number of carbonyl (C=O) groups is 1. The van der Waals surface area contributed by atoms with Crippen molar-refractivity contribution < 1.29 is 22.5 Å². The van der Waals surface area contributed by atoms with E-state index >= 15 is 0 Å². The Labute approximate surface area is 410 Å². The van der Waals surface area contributed by atoms with Crippen LogP contribution in [-0.2, 0) is 14.8 Å². The number of rotatable bonds is 19. The summed E-state index contributed by atoms with van der Waals surface area (Å²) in [4.78, 5) is 33.5. The normalized spacial score (nSPS) is 16.0. The molecule has 12 nitrogen and oxygen atoms in total. The highest BCUT2D eigenvalue weighted by Crippen LogP contribution is 2.47. The molecule has 1 unspecified atom stereocenters. The molecule has 1 aliphatic heterocycles. The second kappa shape index (κ2) is 23.3. The number of amides is 1.